The molecular formula is C28H35N3O. The molecule has 4 heteroatoms. The predicted octanol–water partition coefficient (Wildman–Crippen LogP) is 5.32. The molecule has 32 heavy (non-hydrogen) atoms. The third kappa shape index (κ3) is 6.41. The summed E-state index contributed by atoms with van der Waals surface area (Å²) in [6.45, 7) is 6.30. The zero-order valence-corrected chi connectivity index (χ0v) is 19.2. The third-order valence-corrected chi connectivity index (χ3v) is 6.36. The van der Waals surface area contributed by atoms with Crippen molar-refractivity contribution in [2.45, 2.75) is 45.3 Å². The molecule has 1 aliphatic heterocycles. The number of pyridine rings is 1. The van der Waals surface area contributed by atoms with Crippen LogP contribution in [0.15, 0.2) is 72.9 Å². The maximum atomic E-state index is 5.58. The van der Waals surface area contributed by atoms with Crippen LogP contribution in [-0.4, -0.2) is 41.5 Å². The summed E-state index contributed by atoms with van der Waals surface area (Å²) in [4.78, 5) is 9.66. The topological polar surface area (TPSA) is 28.6 Å². The highest BCUT2D eigenvalue weighted by Gasteiger charge is 2.15. The van der Waals surface area contributed by atoms with Crippen molar-refractivity contribution >= 4 is 0 Å². The van der Waals surface area contributed by atoms with Gasteiger partial charge in [-0.2, -0.15) is 0 Å². The fourth-order valence-corrected chi connectivity index (χ4v) is 4.60. The summed E-state index contributed by atoms with van der Waals surface area (Å²) in [6, 6.07) is 23.4. The lowest BCUT2D eigenvalue weighted by atomic mass is 10.00. The van der Waals surface area contributed by atoms with Crippen LogP contribution in [0, 0.1) is 0 Å². The summed E-state index contributed by atoms with van der Waals surface area (Å²) >= 11 is 0. The summed E-state index contributed by atoms with van der Waals surface area (Å²) in [7, 11) is 1.75. The van der Waals surface area contributed by atoms with Crippen molar-refractivity contribution in [3.63, 3.8) is 0 Å². The summed E-state index contributed by atoms with van der Waals surface area (Å²) in [5.41, 5.74) is 5.40. The van der Waals surface area contributed by atoms with E-state index in [0.29, 0.717) is 0 Å². The van der Waals surface area contributed by atoms with Crippen LogP contribution in [0.2, 0.25) is 0 Å². The van der Waals surface area contributed by atoms with Crippen LogP contribution in [0.25, 0.3) is 0 Å². The molecule has 0 unspecified atom stereocenters. The van der Waals surface area contributed by atoms with Crippen molar-refractivity contribution in [1.29, 1.82) is 0 Å². The van der Waals surface area contributed by atoms with E-state index in [1.54, 1.807) is 7.11 Å². The molecular weight excluding hydrogens is 394 g/mol. The molecule has 2 heterocycles. The Morgan fingerprint density at radius 1 is 0.875 bits per heavy atom. The Kier molecular flexibility index (Phi) is 8.29. The second kappa shape index (κ2) is 11.8. The fourth-order valence-electron chi connectivity index (χ4n) is 4.60. The van der Waals surface area contributed by atoms with Crippen LogP contribution >= 0.6 is 0 Å². The molecule has 168 valence electrons. The van der Waals surface area contributed by atoms with Gasteiger partial charge in [0.1, 0.15) is 5.75 Å². The van der Waals surface area contributed by atoms with Gasteiger partial charge in [-0.1, -0.05) is 55.0 Å². The number of fused-ring (bicyclic) bond motifs is 1. The molecule has 0 aliphatic carbocycles. The van der Waals surface area contributed by atoms with E-state index in [0.717, 1.165) is 37.6 Å². The summed E-state index contributed by atoms with van der Waals surface area (Å²) in [5.74, 6) is 0.962. The van der Waals surface area contributed by atoms with Crippen molar-refractivity contribution in [2.75, 3.05) is 26.7 Å². The SMILES string of the molecule is COc1ccccc1CN(CCCCCN1CCc2ccccc2C1)Cc1ccccn1. The first-order valence-electron chi connectivity index (χ1n) is 11.8. The minimum atomic E-state index is 0.863. The molecule has 4 rings (SSSR count). The van der Waals surface area contributed by atoms with Crippen molar-refractivity contribution in [3.8, 4) is 5.75 Å². The maximum Gasteiger partial charge on any atom is 0.123 e. The van der Waals surface area contributed by atoms with Crippen LogP contribution < -0.4 is 4.74 Å². The number of hydrogen-bond acceptors (Lipinski definition) is 4. The second-order valence-corrected chi connectivity index (χ2v) is 8.70. The number of hydrogen-bond donors (Lipinski definition) is 0. The lowest BCUT2D eigenvalue weighted by Crippen LogP contribution is -2.31. The van der Waals surface area contributed by atoms with Crippen LogP contribution in [-0.2, 0) is 26.1 Å². The number of para-hydroxylation sites is 1. The molecule has 0 spiro atoms. The van der Waals surface area contributed by atoms with Gasteiger partial charge in [-0.15, -0.1) is 0 Å². The van der Waals surface area contributed by atoms with E-state index in [1.165, 1.54) is 55.5 Å². The molecule has 0 saturated carbocycles. The number of methoxy groups -OCH3 is 1. The Labute approximate surface area is 192 Å². The van der Waals surface area contributed by atoms with E-state index >= 15 is 0 Å². The van der Waals surface area contributed by atoms with Crippen molar-refractivity contribution < 1.29 is 4.74 Å². The van der Waals surface area contributed by atoms with Gasteiger partial charge in [0.15, 0.2) is 0 Å². The average molecular weight is 430 g/mol. The summed E-state index contributed by atoms with van der Waals surface area (Å²) < 4.78 is 5.58. The minimum absolute atomic E-state index is 0.863. The van der Waals surface area contributed by atoms with Gasteiger partial charge in [-0.05, 0) is 61.7 Å². The molecule has 0 N–H and O–H groups in total. The van der Waals surface area contributed by atoms with Gasteiger partial charge in [0.25, 0.3) is 0 Å². The summed E-state index contributed by atoms with van der Waals surface area (Å²) in [6.07, 6.45) is 6.78. The summed E-state index contributed by atoms with van der Waals surface area (Å²) in [5, 5.41) is 0. The Morgan fingerprint density at radius 3 is 2.53 bits per heavy atom. The zero-order chi connectivity index (χ0) is 22.0. The molecule has 3 aromatic rings. The Balaban J connectivity index is 1.26. The zero-order valence-electron chi connectivity index (χ0n) is 19.2. The van der Waals surface area contributed by atoms with E-state index in [2.05, 4.69) is 63.3 Å². The molecule has 0 amide bonds. The average Bonchev–Trinajstić information content (AvgIpc) is 2.84. The molecule has 0 fully saturated rings. The van der Waals surface area contributed by atoms with E-state index < -0.39 is 0 Å². The van der Waals surface area contributed by atoms with Gasteiger partial charge < -0.3 is 4.74 Å². The Hall–Kier alpha value is -2.69. The second-order valence-electron chi connectivity index (χ2n) is 8.70. The lowest BCUT2D eigenvalue weighted by Gasteiger charge is -2.28. The highest BCUT2D eigenvalue weighted by molar-refractivity contribution is 5.33. The van der Waals surface area contributed by atoms with Gasteiger partial charge in [-0.25, -0.2) is 0 Å². The molecule has 1 aromatic heterocycles. The van der Waals surface area contributed by atoms with E-state index in [4.69, 9.17) is 4.74 Å². The maximum absolute atomic E-state index is 5.58. The number of aromatic nitrogens is 1. The largest absolute Gasteiger partial charge is 0.496 e. The monoisotopic (exact) mass is 429 g/mol. The highest BCUT2D eigenvalue weighted by Crippen LogP contribution is 2.21. The number of benzene rings is 2. The molecule has 0 atom stereocenters. The first-order valence-corrected chi connectivity index (χ1v) is 11.8. The normalized spacial score (nSPS) is 13.8. The fraction of sp³-hybridized carbons (Fsp3) is 0.393. The molecule has 1 aliphatic rings. The molecule has 0 bridgehead atoms. The molecule has 0 radical (unpaired) electrons. The van der Waals surface area contributed by atoms with Crippen LogP contribution in [0.1, 0.15) is 41.6 Å². The quantitative estimate of drug-likeness (QED) is 0.386. The number of unbranched alkanes of at least 4 members (excludes halogenated alkanes) is 2. The Morgan fingerprint density at radius 2 is 1.69 bits per heavy atom. The van der Waals surface area contributed by atoms with Gasteiger partial charge >= 0.3 is 0 Å². The van der Waals surface area contributed by atoms with Crippen LogP contribution in [0.5, 0.6) is 5.75 Å². The predicted molar refractivity (Wildman–Crippen MR) is 131 cm³/mol. The Bertz CT molecular complexity index is 960. The number of nitrogens with zero attached hydrogens (tertiary/aromatic N) is 3. The number of rotatable bonds is 11. The van der Waals surface area contributed by atoms with Crippen molar-refractivity contribution in [2.24, 2.45) is 0 Å². The van der Waals surface area contributed by atoms with E-state index in [9.17, 15) is 0 Å². The molecule has 0 saturated heterocycles. The van der Waals surface area contributed by atoms with Crippen molar-refractivity contribution in [3.05, 3.63) is 95.3 Å². The lowest BCUT2D eigenvalue weighted by molar-refractivity contribution is 0.229. The highest BCUT2D eigenvalue weighted by atomic mass is 16.5. The molecule has 2 aromatic carbocycles. The number of ether oxygens (including phenoxy) is 1. The smallest absolute Gasteiger partial charge is 0.123 e. The third-order valence-electron chi connectivity index (χ3n) is 6.36. The van der Waals surface area contributed by atoms with E-state index in [1.807, 2.05) is 24.4 Å². The van der Waals surface area contributed by atoms with Gasteiger partial charge in [0.05, 0.1) is 12.8 Å². The van der Waals surface area contributed by atoms with Crippen molar-refractivity contribution in [1.82, 2.24) is 14.8 Å². The van der Waals surface area contributed by atoms with E-state index in [-0.39, 0.29) is 0 Å². The van der Waals surface area contributed by atoms with Gasteiger partial charge in [0, 0.05) is 37.9 Å². The van der Waals surface area contributed by atoms with Crippen LogP contribution in [0.3, 0.4) is 0 Å². The van der Waals surface area contributed by atoms with Crippen LogP contribution in [0.4, 0.5) is 0 Å². The first-order chi connectivity index (χ1) is 15.8. The first kappa shape index (κ1) is 22.5. The van der Waals surface area contributed by atoms with Gasteiger partial charge in [0.2, 0.25) is 0 Å². The standard InChI is InChI=1S/C28H35N3O/c1-32-28-15-6-5-13-26(28)22-31(23-27-14-7-8-17-29-27)19-10-2-9-18-30-20-16-24-11-3-4-12-25(24)21-30/h3-8,11-15,17H,2,9-10,16,18-23H2,1H3. The van der Waals surface area contributed by atoms with Gasteiger partial charge in [-0.3, -0.25) is 14.8 Å². The minimum Gasteiger partial charge on any atom is -0.496 e. The molecule has 4 nitrogen and oxygen atoms in total.